The van der Waals surface area contributed by atoms with Gasteiger partial charge in [0.05, 0.1) is 37.5 Å². The molecule has 1 amide bonds. The lowest BCUT2D eigenvalue weighted by molar-refractivity contribution is -0.258. The first-order valence-electron chi connectivity index (χ1n) is 23.7. The number of oxime groups is 1. The molecule has 0 radical (unpaired) electrons. The zero-order chi connectivity index (χ0) is 45.6. The van der Waals surface area contributed by atoms with Crippen molar-refractivity contribution in [1.82, 2.24) is 4.90 Å². The van der Waals surface area contributed by atoms with Gasteiger partial charge in [0, 0.05) is 50.0 Å². The number of rotatable bonds is 21. The van der Waals surface area contributed by atoms with Gasteiger partial charge in [-0.3, -0.25) is 9.59 Å². The van der Waals surface area contributed by atoms with Crippen LogP contribution in [0.1, 0.15) is 104 Å². The number of ether oxygens (including phenoxy) is 7. The summed E-state index contributed by atoms with van der Waals surface area (Å²) in [5.41, 5.74) is 3.80. The highest BCUT2D eigenvalue weighted by atomic mass is 16.8. The third-order valence-electron chi connectivity index (χ3n) is 14.0. The monoisotopic (exact) mass is 906 g/mol. The number of allylic oxidation sites excluding steroid dienone is 1. The lowest BCUT2D eigenvalue weighted by atomic mass is 9.55. The van der Waals surface area contributed by atoms with E-state index in [1.165, 1.54) is 7.11 Å². The molecule has 14 nitrogen and oxygen atoms in total. The molecule has 9 rings (SSSR count). The van der Waals surface area contributed by atoms with Gasteiger partial charge in [0.2, 0.25) is 24.8 Å². The van der Waals surface area contributed by atoms with Crippen LogP contribution in [-0.4, -0.2) is 91.5 Å². The number of methoxy groups -OCH3 is 1. The summed E-state index contributed by atoms with van der Waals surface area (Å²) in [5, 5.41) is 25.1. The van der Waals surface area contributed by atoms with Crippen molar-refractivity contribution in [3.8, 4) is 34.5 Å². The van der Waals surface area contributed by atoms with E-state index in [0.717, 1.165) is 74.4 Å². The number of carbonyl (C=O) groups is 2. The molecular weight excluding hydrogens is 845 g/mol. The Balaban J connectivity index is 1.23. The van der Waals surface area contributed by atoms with Crippen molar-refractivity contribution in [2.24, 2.45) is 28.8 Å². The van der Waals surface area contributed by atoms with Crippen molar-refractivity contribution >= 4 is 17.9 Å². The van der Waals surface area contributed by atoms with E-state index in [9.17, 15) is 15.0 Å². The van der Waals surface area contributed by atoms with E-state index in [-0.39, 0.29) is 69.2 Å². The van der Waals surface area contributed by atoms with E-state index in [1.54, 1.807) is 24.3 Å². The Morgan fingerprint density at radius 3 is 2.48 bits per heavy atom. The number of hydrogen-bond donors (Lipinski definition) is 2. The number of carbonyl (C=O) groups excluding carboxylic acids is 2. The quantitative estimate of drug-likeness (QED) is 0.0454. The Bertz CT molecular complexity index is 2290. The van der Waals surface area contributed by atoms with Gasteiger partial charge in [-0.2, -0.15) is 0 Å². The third kappa shape index (κ3) is 9.42. The van der Waals surface area contributed by atoms with Crippen molar-refractivity contribution in [1.29, 1.82) is 0 Å². The number of aliphatic hydroxyl groups excluding tert-OH is 2. The highest BCUT2D eigenvalue weighted by Gasteiger charge is 2.66. The van der Waals surface area contributed by atoms with Gasteiger partial charge in [-0.05, 0) is 123 Å². The topological polar surface area (TPSA) is 164 Å². The summed E-state index contributed by atoms with van der Waals surface area (Å²) in [6.07, 6.45) is 13.3. The number of aliphatic hydroxyl groups is 2. The SMILES string of the molecule is C=CCOC12Oc3ccc(Oc4ccc(OC)c(C=O)c4)cc3C3C(CCCCO)C(CCCCO)C=C(C(=NOC4CCCCO4)CC1N(Cc1ccc4c(c1)OCO4)C(=O)C1CC1)C32. The first-order chi connectivity index (χ1) is 32.4. The van der Waals surface area contributed by atoms with Crippen molar-refractivity contribution < 1.29 is 57.8 Å². The predicted octanol–water partition coefficient (Wildman–Crippen LogP) is 8.63. The van der Waals surface area contributed by atoms with Crippen molar-refractivity contribution in [2.75, 3.05) is 40.3 Å². The molecule has 3 aliphatic carbocycles. The lowest BCUT2D eigenvalue weighted by Crippen LogP contribution is -2.70. The molecule has 3 aromatic carbocycles. The van der Waals surface area contributed by atoms with Crippen LogP contribution in [0.25, 0.3) is 0 Å². The van der Waals surface area contributed by atoms with Gasteiger partial charge < -0.3 is 53.1 Å². The van der Waals surface area contributed by atoms with Crippen molar-refractivity contribution in [3.05, 3.63) is 95.6 Å². The molecule has 1 saturated heterocycles. The van der Waals surface area contributed by atoms with Gasteiger partial charge in [0.25, 0.3) is 0 Å². The normalized spacial score (nSPS) is 26.6. The smallest absolute Gasteiger partial charge is 0.239 e. The van der Waals surface area contributed by atoms with Gasteiger partial charge >= 0.3 is 0 Å². The molecule has 3 heterocycles. The maximum absolute atomic E-state index is 15.0. The van der Waals surface area contributed by atoms with Crippen LogP contribution >= 0.6 is 0 Å². The van der Waals surface area contributed by atoms with Crippen LogP contribution in [0.5, 0.6) is 34.5 Å². The highest BCUT2D eigenvalue weighted by Crippen LogP contribution is 2.62. The number of aldehydes is 1. The molecule has 66 heavy (non-hydrogen) atoms. The molecule has 3 aliphatic heterocycles. The van der Waals surface area contributed by atoms with E-state index in [0.29, 0.717) is 71.6 Å². The van der Waals surface area contributed by atoms with Gasteiger partial charge in [0.15, 0.2) is 17.8 Å². The molecule has 0 aromatic heterocycles. The standard InChI is InChI=1S/C52H62N2O12/c1-3-23-63-52-47(54(51(58)34-14-15-34)30-33-13-18-45-46(25-33)62-32-61-45)29-42(53-66-48-12-6-9-24-60-48)40-27-35(10-4-7-21-55)39(11-5-8-22-56)49(50(40)52)41-28-38(17-20-44(41)65-52)64-37-16-19-43(59-2)36(26-37)31-57/h3,13,16-20,25-28,31,34-35,39,47-50,55-56H,1,4-12,14-15,21-24,29-30,32H2,2H3. The largest absolute Gasteiger partial charge is 0.496 e. The molecular formula is C52H62N2O12. The Morgan fingerprint density at radius 2 is 1.73 bits per heavy atom. The van der Waals surface area contributed by atoms with Gasteiger partial charge in [0.1, 0.15) is 29.0 Å². The van der Waals surface area contributed by atoms with E-state index in [4.69, 9.17) is 43.2 Å². The zero-order valence-corrected chi connectivity index (χ0v) is 37.8. The number of amides is 1. The lowest BCUT2D eigenvalue weighted by Gasteiger charge is -2.60. The highest BCUT2D eigenvalue weighted by molar-refractivity contribution is 6.03. The van der Waals surface area contributed by atoms with E-state index in [1.807, 2.05) is 41.3 Å². The minimum Gasteiger partial charge on any atom is -0.496 e. The molecule has 0 bridgehead atoms. The van der Waals surface area contributed by atoms with Crippen LogP contribution in [0.2, 0.25) is 0 Å². The van der Waals surface area contributed by atoms with Crippen LogP contribution in [0.3, 0.4) is 0 Å². The molecule has 3 fully saturated rings. The Morgan fingerprint density at radius 1 is 0.939 bits per heavy atom. The Labute approximate surface area is 386 Å². The molecule has 6 aliphatic rings. The van der Waals surface area contributed by atoms with E-state index < -0.39 is 24.0 Å². The van der Waals surface area contributed by atoms with Crippen LogP contribution in [-0.2, 0) is 25.7 Å². The molecule has 7 atom stereocenters. The number of fused-ring (bicyclic) bond motifs is 3. The summed E-state index contributed by atoms with van der Waals surface area (Å²) in [6, 6.07) is 16.0. The maximum Gasteiger partial charge on any atom is 0.239 e. The van der Waals surface area contributed by atoms with Gasteiger partial charge in [-0.1, -0.05) is 36.2 Å². The van der Waals surface area contributed by atoms with Crippen LogP contribution in [0.4, 0.5) is 0 Å². The molecule has 2 N–H and O–H groups in total. The van der Waals surface area contributed by atoms with E-state index in [2.05, 4.69) is 12.7 Å². The summed E-state index contributed by atoms with van der Waals surface area (Å²) in [6.45, 7) is 5.37. The first kappa shape index (κ1) is 45.7. The number of nitrogens with zero attached hydrogens (tertiary/aromatic N) is 2. The summed E-state index contributed by atoms with van der Waals surface area (Å²) in [4.78, 5) is 35.3. The van der Waals surface area contributed by atoms with Gasteiger partial charge in [-0.15, -0.1) is 6.58 Å². The van der Waals surface area contributed by atoms with Crippen molar-refractivity contribution in [2.45, 2.75) is 108 Å². The predicted molar refractivity (Wildman–Crippen MR) is 244 cm³/mol. The second-order valence-electron chi connectivity index (χ2n) is 18.2. The minimum absolute atomic E-state index is 0.0142. The third-order valence-corrected chi connectivity index (χ3v) is 14.0. The fourth-order valence-corrected chi connectivity index (χ4v) is 10.8. The summed E-state index contributed by atoms with van der Waals surface area (Å²) >= 11 is 0. The molecule has 0 spiro atoms. The number of unbranched alkanes of at least 4 members (excludes halogenated alkanes) is 2. The maximum atomic E-state index is 15.0. The van der Waals surface area contributed by atoms with Gasteiger partial charge in [-0.25, -0.2) is 0 Å². The minimum atomic E-state index is -1.43. The van der Waals surface area contributed by atoms with E-state index >= 15 is 4.79 Å². The average Bonchev–Trinajstić information content (AvgIpc) is 4.10. The Hall–Kier alpha value is -5.41. The molecule has 352 valence electrons. The van der Waals surface area contributed by atoms with Crippen LogP contribution < -0.4 is 23.7 Å². The average molecular weight is 907 g/mol. The fourth-order valence-electron chi connectivity index (χ4n) is 10.8. The second kappa shape index (κ2) is 20.6. The summed E-state index contributed by atoms with van der Waals surface area (Å²) in [7, 11) is 1.52. The van der Waals surface area contributed by atoms with Crippen LogP contribution in [0, 0.1) is 23.7 Å². The van der Waals surface area contributed by atoms with Crippen LogP contribution in [0.15, 0.2) is 84.1 Å². The Kier molecular flexibility index (Phi) is 14.3. The fraction of sp³-hybridized carbons (Fsp3) is 0.519. The number of hydrogen-bond acceptors (Lipinski definition) is 13. The molecule has 14 heteroatoms. The second-order valence-corrected chi connectivity index (χ2v) is 18.2. The number of benzene rings is 3. The summed E-state index contributed by atoms with van der Waals surface area (Å²) in [5.74, 6) is 1.10. The first-order valence-corrected chi connectivity index (χ1v) is 23.7. The van der Waals surface area contributed by atoms with Crippen molar-refractivity contribution in [3.63, 3.8) is 0 Å². The molecule has 2 saturated carbocycles. The summed E-state index contributed by atoms with van der Waals surface area (Å²) < 4.78 is 44.1. The molecule has 3 aromatic rings. The molecule has 7 unspecified atom stereocenters. The zero-order valence-electron chi connectivity index (χ0n) is 37.8.